The van der Waals surface area contributed by atoms with E-state index in [9.17, 15) is 9.59 Å². The van der Waals surface area contributed by atoms with Gasteiger partial charge in [0, 0.05) is 16.0 Å². The van der Waals surface area contributed by atoms with E-state index in [-0.39, 0.29) is 17.1 Å². The third-order valence-electron chi connectivity index (χ3n) is 3.75. The topological polar surface area (TPSA) is 34.1 Å². The van der Waals surface area contributed by atoms with Gasteiger partial charge in [0.1, 0.15) is 0 Å². The summed E-state index contributed by atoms with van der Waals surface area (Å²) in [5.74, 6) is -0.369. The van der Waals surface area contributed by atoms with Crippen LogP contribution in [0.4, 0.5) is 0 Å². The van der Waals surface area contributed by atoms with Gasteiger partial charge < -0.3 is 0 Å². The highest BCUT2D eigenvalue weighted by Gasteiger charge is 2.31. The smallest absolute Gasteiger partial charge is 0.197 e. The zero-order valence-electron chi connectivity index (χ0n) is 13.0. The van der Waals surface area contributed by atoms with Gasteiger partial charge in [0.25, 0.3) is 0 Å². The first kappa shape index (κ1) is 15.5. The standard InChI is InChI=1S/C20H16O2S/c1-13-7-3-6-10-18(13)23-14(2)11-12-17-19(21)15-8-4-5-9-16(15)20(17)22/h3-12H,1-2H3/b14-11+. The van der Waals surface area contributed by atoms with Crippen LogP contribution in [0.3, 0.4) is 0 Å². The molecule has 0 aliphatic heterocycles. The van der Waals surface area contributed by atoms with Gasteiger partial charge in [-0.1, -0.05) is 60.3 Å². The zero-order chi connectivity index (χ0) is 16.4. The van der Waals surface area contributed by atoms with Gasteiger partial charge in [0.05, 0.1) is 5.57 Å². The minimum atomic E-state index is -0.185. The molecule has 3 rings (SSSR count). The predicted octanol–water partition coefficient (Wildman–Crippen LogP) is 5.00. The summed E-state index contributed by atoms with van der Waals surface area (Å²) < 4.78 is 0. The average molecular weight is 320 g/mol. The molecule has 23 heavy (non-hydrogen) atoms. The molecular formula is C20H16O2S. The lowest BCUT2D eigenvalue weighted by molar-refractivity contribution is 0.0989. The molecule has 0 saturated carbocycles. The molecule has 0 heterocycles. The Labute approximate surface area is 139 Å². The normalized spacial score (nSPS) is 14.2. The Morgan fingerprint density at radius 1 is 0.913 bits per heavy atom. The van der Waals surface area contributed by atoms with E-state index in [1.165, 1.54) is 10.5 Å². The zero-order valence-corrected chi connectivity index (χ0v) is 13.8. The first-order chi connectivity index (χ1) is 11.1. The Balaban J connectivity index is 1.84. The quantitative estimate of drug-likeness (QED) is 0.453. The Bertz CT molecular complexity index is 822. The first-order valence-corrected chi connectivity index (χ1v) is 8.20. The summed E-state index contributed by atoms with van der Waals surface area (Å²) in [7, 11) is 0. The molecule has 0 N–H and O–H groups in total. The number of hydrogen-bond donors (Lipinski definition) is 0. The van der Waals surface area contributed by atoms with Gasteiger partial charge in [-0.2, -0.15) is 0 Å². The van der Waals surface area contributed by atoms with Gasteiger partial charge >= 0.3 is 0 Å². The maximum Gasteiger partial charge on any atom is 0.197 e. The first-order valence-electron chi connectivity index (χ1n) is 7.38. The Morgan fingerprint density at radius 3 is 2.09 bits per heavy atom. The molecule has 0 amide bonds. The minimum Gasteiger partial charge on any atom is -0.288 e. The van der Waals surface area contributed by atoms with Crippen LogP contribution >= 0.6 is 11.8 Å². The van der Waals surface area contributed by atoms with Crippen LogP contribution in [-0.2, 0) is 0 Å². The van der Waals surface area contributed by atoms with Gasteiger partial charge in [0.15, 0.2) is 11.6 Å². The maximum absolute atomic E-state index is 12.3. The molecule has 0 unspecified atom stereocenters. The Morgan fingerprint density at radius 2 is 1.48 bits per heavy atom. The van der Waals surface area contributed by atoms with Crippen LogP contribution < -0.4 is 0 Å². The number of ketones is 2. The monoisotopic (exact) mass is 320 g/mol. The molecule has 0 aromatic heterocycles. The molecule has 0 bridgehead atoms. The second-order valence-electron chi connectivity index (χ2n) is 5.43. The van der Waals surface area contributed by atoms with Crippen LogP contribution in [-0.4, -0.2) is 11.6 Å². The lowest BCUT2D eigenvalue weighted by Gasteiger charge is -2.04. The van der Waals surface area contributed by atoms with Crippen molar-refractivity contribution in [1.29, 1.82) is 0 Å². The highest BCUT2D eigenvalue weighted by molar-refractivity contribution is 8.03. The van der Waals surface area contributed by atoms with Crippen molar-refractivity contribution in [2.24, 2.45) is 0 Å². The second kappa shape index (κ2) is 6.39. The van der Waals surface area contributed by atoms with Gasteiger partial charge in [-0.3, -0.25) is 9.59 Å². The lowest BCUT2D eigenvalue weighted by Crippen LogP contribution is -1.99. The van der Waals surface area contributed by atoms with Crippen molar-refractivity contribution in [3.63, 3.8) is 0 Å². The number of aryl methyl sites for hydroxylation is 1. The maximum atomic E-state index is 12.3. The number of carbonyl (C=O) groups is 2. The minimum absolute atomic E-state index is 0.185. The van der Waals surface area contributed by atoms with Crippen molar-refractivity contribution >= 4 is 23.3 Å². The molecule has 0 fully saturated rings. The molecule has 0 radical (unpaired) electrons. The van der Waals surface area contributed by atoms with E-state index in [2.05, 4.69) is 19.1 Å². The number of thioether (sulfide) groups is 1. The molecule has 2 aromatic rings. The van der Waals surface area contributed by atoms with Crippen LogP contribution in [0.2, 0.25) is 0 Å². The van der Waals surface area contributed by atoms with Gasteiger partial charge in [-0.15, -0.1) is 0 Å². The van der Waals surface area contributed by atoms with Crippen molar-refractivity contribution < 1.29 is 9.59 Å². The molecule has 1 aliphatic carbocycles. The van der Waals surface area contributed by atoms with E-state index in [0.29, 0.717) is 11.1 Å². The fraction of sp³-hybridized carbons (Fsp3) is 0.100. The Hall–Kier alpha value is -2.39. The van der Waals surface area contributed by atoms with Crippen molar-refractivity contribution in [3.8, 4) is 0 Å². The lowest BCUT2D eigenvalue weighted by atomic mass is 10.1. The molecule has 3 heteroatoms. The van der Waals surface area contributed by atoms with Crippen molar-refractivity contribution in [2.45, 2.75) is 18.7 Å². The van der Waals surface area contributed by atoms with Crippen LogP contribution in [0.25, 0.3) is 0 Å². The second-order valence-corrected chi connectivity index (χ2v) is 6.72. The third kappa shape index (κ3) is 3.06. The molecule has 114 valence electrons. The molecule has 0 atom stereocenters. The van der Waals surface area contributed by atoms with Gasteiger partial charge in [-0.25, -0.2) is 0 Å². The summed E-state index contributed by atoms with van der Waals surface area (Å²) in [4.78, 5) is 26.8. The molecule has 2 nitrogen and oxygen atoms in total. The fourth-order valence-corrected chi connectivity index (χ4v) is 3.36. The average Bonchev–Trinajstić information content (AvgIpc) is 2.80. The molecule has 0 saturated heterocycles. The number of Topliss-reactive ketones (excluding diaryl/α,β-unsaturated/α-hetero) is 2. The highest BCUT2D eigenvalue weighted by atomic mass is 32.2. The van der Waals surface area contributed by atoms with E-state index in [4.69, 9.17) is 0 Å². The molecular weight excluding hydrogens is 304 g/mol. The van der Waals surface area contributed by atoms with Gasteiger partial charge in [-0.05, 0) is 36.5 Å². The van der Waals surface area contributed by atoms with E-state index in [0.717, 1.165) is 4.91 Å². The number of allylic oxidation sites excluding steroid dienone is 4. The van der Waals surface area contributed by atoms with E-state index < -0.39 is 0 Å². The van der Waals surface area contributed by atoms with Crippen molar-refractivity contribution in [2.75, 3.05) is 0 Å². The molecule has 0 spiro atoms. The summed E-state index contributed by atoms with van der Waals surface area (Å²) in [6.07, 6.45) is 3.49. The largest absolute Gasteiger partial charge is 0.288 e. The van der Waals surface area contributed by atoms with Crippen LogP contribution in [0, 0.1) is 6.92 Å². The number of benzene rings is 2. The number of hydrogen-bond acceptors (Lipinski definition) is 3. The molecule has 1 aliphatic rings. The summed E-state index contributed by atoms with van der Waals surface area (Å²) in [6, 6.07) is 15.1. The van der Waals surface area contributed by atoms with Crippen LogP contribution in [0.1, 0.15) is 33.2 Å². The predicted molar refractivity (Wildman–Crippen MR) is 94.0 cm³/mol. The number of rotatable bonds is 3. The van der Waals surface area contributed by atoms with Crippen LogP contribution in [0.15, 0.2) is 76.1 Å². The molecule has 2 aromatic carbocycles. The van der Waals surface area contributed by atoms with Crippen molar-refractivity contribution in [1.82, 2.24) is 0 Å². The van der Waals surface area contributed by atoms with E-state index >= 15 is 0 Å². The van der Waals surface area contributed by atoms with Gasteiger partial charge in [0.2, 0.25) is 0 Å². The van der Waals surface area contributed by atoms with E-state index in [1.54, 1.807) is 42.1 Å². The summed E-state index contributed by atoms with van der Waals surface area (Å²) in [6.45, 7) is 4.04. The number of carbonyl (C=O) groups excluding carboxylic acids is 2. The van der Waals surface area contributed by atoms with E-state index in [1.807, 2.05) is 25.1 Å². The Kier molecular flexibility index (Phi) is 4.30. The summed E-state index contributed by atoms with van der Waals surface area (Å²) >= 11 is 1.63. The summed E-state index contributed by atoms with van der Waals surface area (Å²) in [5, 5.41) is 0. The highest BCUT2D eigenvalue weighted by Crippen LogP contribution is 2.30. The third-order valence-corrected chi connectivity index (χ3v) is 4.89. The van der Waals surface area contributed by atoms with Crippen LogP contribution in [0.5, 0.6) is 0 Å². The fourth-order valence-electron chi connectivity index (χ4n) is 2.50. The summed E-state index contributed by atoms with van der Waals surface area (Å²) in [5.41, 5.74) is 2.46. The SMILES string of the molecule is C/C(=C\C=C1C(=O)c2ccccc2C1=O)Sc1ccccc1C. The van der Waals surface area contributed by atoms with Crippen molar-refractivity contribution in [3.05, 3.63) is 87.9 Å². The number of fused-ring (bicyclic) bond motifs is 1.